The van der Waals surface area contributed by atoms with E-state index in [9.17, 15) is 9.59 Å². The molecule has 1 aliphatic rings. The smallest absolute Gasteiger partial charge is 0.308 e. The summed E-state index contributed by atoms with van der Waals surface area (Å²) in [5, 5.41) is 8.99. The number of carboxylic acids is 1. The molecule has 0 spiro atoms. The van der Waals surface area contributed by atoms with Crippen LogP contribution >= 0.6 is 11.3 Å². The minimum absolute atomic E-state index is 0.1000. The highest BCUT2D eigenvalue weighted by atomic mass is 32.1. The molecule has 1 amide bonds. The maximum Gasteiger partial charge on any atom is 0.308 e. The van der Waals surface area contributed by atoms with Gasteiger partial charge in [-0.3, -0.25) is 9.59 Å². The molecule has 0 bridgehead atoms. The minimum Gasteiger partial charge on any atom is -0.481 e. The Bertz CT molecular complexity index is 507. The van der Waals surface area contributed by atoms with E-state index in [1.165, 1.54) is 11.0 Å². The first-order chi connectivity index (χ1) is 9.06. The van der Waals surface area contributed by atoms with Crippen molar-refractivity contribution in [1.82, 2.24) is 4.90 Å². The Labute approximate surface area is 116 Å². The molecule has 0 radical (unpaired) electrons. The fourth-order valence-corrected chi connectivity index (χ4v) is 2.96. The SMILES string of the molecule is Cc1ccc(/C=C\C(=O)N2CCC[C@@H](C(=O)O)C2)s1. The molecule has 102 valence electrons. The van der Waals surface area contributed by atoms with Crippen LogP contribution < -0.4 is 0 Å². The van der Waals surface area contributed by atoms with Crippen LogP contribution in [0.3, 0.4) is 0 Å². The van der Waals surface area contributed by atoms with E-state index < -0.39 is 11.9 Å². The summed E-state index contributed by atoms with van der Waals surface area (Å²) in [6.45, 7) is 2.99. The van der Waals surface area contributed by atoms with Crippen molar-refractivity contribution in [3.8, 4) is 0 Å². The van der Waals surface area contributed by atoms with Gasteiger partial charge in [0.15, 0.2) is 0 Å². The molecule has 2 rings (SSSR count). The average molecular weight is 279 g/mol. The first kappa shape index (κ1) is 13.8. The second-order valence-electron chi connectivity index (χ2n) is 4.74. The molecule has 1 aromatic heterocycles. The van der Waals surface area contributed by atoms with E-state index in [4.69, 9.17) is 5.11 Å². The van der Waals surface area contributed by atoms with Crippen molar-refractivity contribution in [1.29, 1.82) is 0 Å². The van der Waals surface area contributed by atoms with Crippen molar-refractivity contribution in [2.75, 3.05) is 13.1 Å². The summed E-state index contributed by atoms with van der Waals surface area (Å²) >= 11 is 1.63. The maximum absolute atomic E-state index is 12.0. The van der Waals surface area contributed by atoms with Gasteiger partial charge in [0.25, 0.3) is 0 Å². The van der Waals surface area contributed by atoms with Crippen molar-refractivity contribution < 1.29 is 14.7 Å². The molecular weight excluding hydrogens is 262 g/mol. The second-order valence-corrected chi connectivity index (χ2v) is 6.06. The first-order valence-electron chi connectivity index (χ1n) is 6.32. The number of likely N-dealkylation sites (tertiary alicyclic amines) is 1. The predicted octanol–water partition coefficient (Wildman–Crippen LogP) is 2.39. The second kappa shape index (κ2) is 6.02. The summed E-state index contributed by atoms with van der Waals surface area (Å²) in [7, 11) is 0. The van der Waals surface area contributed by atoms with E-state index in [2.05, 4.69) is 0 Å². The number of carbonyl (C=O) groups excluding carboxylic acids is 1. The van der Waals surface area contributed by atoms with Crippen LogP contribution in [-0.4, -0.2) is 35.0 Å². The summed E-state index contributed by atoms with van der Waals surface area (Å²) in [6.07, 6.45) is 4.75. The van der Waals surface area contributed by atoms with Crippen molar-refractivity contribution >= 4 is 29.3 Å². The van der Waals surface area contributed by atoms with Crippen LogP contribution in [0.2, 0.25) is 0 Å². The lowest BCUT2D eigenvalue weighted by Gasteiger charge is -2.29. The third-order valence-electron chi connectivity index (χ3n) is 3.23. The molecule has 2 heterocycles. The zero-order valence-corrected chi connectivity index (χ0v) is 11.7. The number of carbonyl (C=O) groups is 2. The predicted molar refractivity (Wildman–Crippen MR) is 75.0 cm³/mol. The van der Waals surface area contributed by atoms with E-state index in [-0.39, 0.29) is 5.91 Å². The van der Waals surface area contributed by atoms with Crippen molar-refractivity contribution in [3.63, 3.8) is 0 Å². The molecule has 1 aliphatic heterocycles. The van der Waals surface area contributed by atoms with E-state index in [1.54, 1.807) is 22.3 Å². The van der Waals surface area contributed by atoms with E-state index in [1.807, 2.05) is 19.1 Å². The third-order valence-corrected chi connectivity index (χ3v) is 4.20. The van der Waals surface area contributed by atoms with Crippen LogP contribution in [0.4, 0.5) is 0 Å². The number of piperidine rings is 1. The van der Waals surface area contributed by atoms with Crippen LogP contribution in [0.25, 0.3) is 6.08 Å². The average Bonchev–Trinajstić information content (AvgIpc) is 2.82. The topological polar surface area (TPSA) is 57.6 Å². The Balaban J connectivity index is 1.96. The number of amides is 1. The molecule has 0 aromatic carbocycles. The molecule has 1 N–H and O–H groups in total. The number of rotatable bonds is 3. The van der Waals surface area contributed by atoms with E-state index >= 15 is 0 Å². The van der Waals surface area contributed by atoms with Gasteiger partial charge in [-0.15, -0.1) is 11.3 Å². The van der Waals surface area contributed by atoms with Gasteiger partial charge in [-0.1, -0.05) is 0 Å². The number of hydrogen-bond donors (Lipinski definition) is 1. The van der Waals surface area contributed by atoms with Crippen LogP contribution in [0, 0.1) is 12.8 Å². The lowest BCUT2D eigenvalue weighted by atomic mass is 9.98. The normalized spacial score (nSPS) is 19.8. The van der Waals surface area contributed by atoms with Gasteiger partial charge in [0.1, 0.15) is 0 Å². The number of nitrogens with zero attached hydrogens (tertiary/aromatic N) is 1. The Morgan fingerprint density at radius 1 is 1.47 bits per heavy atom. The third kappa shape index (κ3) is 3.67. The molecule has 5 heteroatoms. The van der Waals surface area contributed by atoms with Gasteiger partial charge in [0.05, 0.1) is 5.92 Å². The van der Waals surface area contributed by atoms with Gasteiger partial charge in [-0.2, -0.15) is 0 Å². The summed E-state index contributed by atoms with van der Waals surface area (Å²) < 4.78 is 0. The molecule has 4 nitrogen and oxygen atoms in total. The molecule has 1 saturated heterocycles. The summed E-state index contributed by atoms with van der Waals surface area (Å²) in [4.78, 5) is 26.8. The fourth-order valence-electron chi connectivity index (χ4n) is 2.18. The molecule has 0 unspecified atom stereocenters. The number of aryl methyl sites for hydroxylation is 1. The number of hydrogen-bond acceptors (Lipinski definition) is 3. The molecule has 1 atom stereocenters. The van der Waals surface area contributed by atoms with Crippen molar-refractivity contribution in [2.45, 2.75) is 19.8 Å². The highest BCUT2D eigenvalue weighted by Gasteiger charge is 2.26. The van der Waals surface area contributed by atoms with E-state index in [0.717, 1.165) is 11.3 Å². The van der Waals surface area contributed by atoms with Gasteiger partial charge in [0.2, 0.25) is 5.91 Å². The zero-order valence-electron chi connectivity index (χ0n) is 10.8. The first-order valence-corrected chi connectivity index (χ1v) is 7.14. The minimum atomic E-state index is -0.810. The quantitative estimate of drug-likeness (QED) is 0.864. The lowest BCUT2D eigenvalue weighted by Crippen LogP contribution is -2.41. The molecule has 1 aromatic rings. The Kier molecular flexibility index (Phi) is 4.37. The zero-order chi connectivity index (χ0) is 13.8. The lowest BCUT2D eigenvalue weighted by molar-refractivity contribution is -0.144. The number of aliphatic carboxylic acids is 1. The van der Waals surface area contributed by atoms with Crippen LogP contribution in [0.5, 0.6) is 0 Å². The van der Waals surface area contributed by atoms with Crippen LogP contribution in [-0.2, 0) is 9.59 Å². The summed E-state index contributed by atoms with van der Waals surface area (Å²) in [5.74, 6) is -1.33. The standard InChI is InChI=1S/C14H17NO3S/c1-10-4-5-12(19-10)6-7-13(16)15-8-2-3-11(9-15)14(17)18/h4-7,11H,2-3,8-9H2,1H3,(H,17,18)/b7-6-/t11-/m1/s1. The maximum atomic E-state index is 12.0. The Hall–Kier alpha value is -1.62. The Morgan fingerprint density at radius 3 is 2.89 bits per heavy atom. The highest BCUT2D eigenvalue weighted by molar-refractivity contribution is 7.12. The van der Waals surface area contributed by atoms with Crippen molar-refractivity contribution in [2.24, 2.45) is 5.92 Å². The van der Waals surface area contributed by atoms with Gasteiger partial charge in [-0.25, -0.2) is 0 Å². The van der Waals surface area contributed by atoms with Crippen LogP contribution in [0.1, 0.15) is 22.6 Å². The van der Waals surface area contributed by atoms with Gasteiger partial charge < -0.3 is 10.0 Å². The number of thiophene rings is 1. The van der Waals surface area contributed by atoms with Gasteiger partial charge in [0, 0.05) is 28.9 Å². The van der Waals surface area contributed by atoms with Crippen molar-refractivity contribution in [3.05, 3.63) is 28.0 Å². The largest absolute Gasteiger partial charge is 0.481 e. The summed E-state index contributed by atoms with van der Waals surface area (Å²) in [5.41, 5.74) is 0. The number of carboxylic acid groups (broad SMARTS) is 1. The molecular formula is C14H17NO3S. The summed E-state index contributed by atoms with van der Waals surface area (Å²) in [6, 6.07) is 3.98. The molecule has 19 heavy (non-hydrogen) atoms. The van der Waals surface area contributed by atoms with Gasteiger partial charge >= 0.3 is 5.97 Å². The van der Waals surface area contributed by atoms with Crippen LogP contribution in [0.15, 0.2) is 18.2 Å². The van der Waals surface area contributed by atoms with E-state index in [0.29, 0.717) is 19.5 Å². The highest BCUT2D eigenvalue weighted by Crippen LogP contribution is 2.19. The Morgan fingerprint density at radius 2 is 2.26 bits per heavy atom. The van der Waals surface area contributed by atoms with Gasteiger partial charge in [-0.05, 0) is 38.0 Å². The monoisotopic (exact) mass is 279 g/mol. The molecule has 0 saturated carbocycles. The molecule has 0 aliphatic carbocycles. The molecule has 1 fully saturated rings. The fraction of sp³-hybridized carbons (Fsp3) is 0.429.